The van der Waals surface area contributed by atoms with Gasteiger partial charge >= 0.3 is 0 Å². The molecule has 0 spiro atoms. The van der Waals surface area contributed by atoms with Crippen molar-refractivity contribution in [3.05, 3.63) is 0 Å². The van der Waals surface area contributed by atoms with Crippen LogP contribution in [0.2, 0.25) is 26.2 Å². The number of hydrogen-bond acceptors (Lipinski definition) is 1. The van der Waals surface area contributed by atoms with Gasteiger partial charge in [0.1, 0.15) is 0 Å². The van der Waals surface area contributed by atoms with Crippen LogP contribution in [0.25, 0.3) is 0 Å². The normalized spacial score (nSPS) is 15.2. The van der Waals surface area contributed by atoms with Crippen molar-refractivity contribution in [1.29, 1.82) is 0 Å². The fourth-order valence-corrected chi connectivity index (χ4v) is 16.2. The molecule has 0 saturated carbocycles. The molecule has 0 aliphatic heterocycles. The molecule has 0 aliphatic carbocycles. The van der Waals surface area contributed by atoms with E-state index in [-0.39, 0.29) is 5.54 Å². The van der Waals surface area contributed by atoms with Crippen molar-refractivity contribution in [2.24, 2.45) is 0 Å². The van der Waals surface area contributed by atoms with Crippen molar-refractivity contribution in [1.82, 2.24) is 4.23 Å². The van der Waals surface area contributed by atoms with Gasteiger partial charge in [-0.3, -0.25) is 0 Å². The Bertz CT molecular complexity index is 143. The highest BCUT2D eigenvalue weighted by Gasteiger charge is 2.45. The molecule has 0 atom stereocenters. The monoisotopic (exact) mass is 257 g/mol. The topological polar surface area (TPSA) is 3.24 Å². The predicted octanol–water partition coefficient (Wildman–Crippen LogP) is 3.97. The smallest absolute Gasteiger partial charge is 0.217 e. The lowest BCUT2D eigenvalue weighted by atomic mass is 10.1. The van der Waals surface area contributed by atoms with E-state index in [0.29, 0.717) is 0 Å². The van der Waals surface area contributed by atoms with E-state index in [0.717, 1.165) is 0 Å². The predicted molar refractivity (Wildman–Crippen MR) is 68.3 cm³/mol. The van der Waals surface area contributed by atoms with E-state index in [9.17, 15) is 0 Å². The second-order valence-corrected chi connectivity index (χ2v) is 17.9. The third-order valence-corrected chi connectivity index (χ3v) is 10.4. The SMILES string of the molecule is CC(C)(C)N([Si](C)(C)Cl)[Si](C)(C)Cl. The molecule has 5 heteroatoms. The summed E-state index contributed by atoms with van der Waals surface area (Å²) in [4.78, 5) is 0. The van der Waals surface area contributed by atoms with Gasteiger partial charge in [0.2, 0.25) is 15.1 Å². The summed E-state index contributed by atoms with van der Waals surface area (Å²) in [7, 11) is -3.64. The minimum absolute atomic E-state index is 0.0783. The highest BCUT2D eigenvalue weighted by atomic mass is 35.6. The lowest BCUT2D eigenvalue weighted by Crippen LogP contribution is -2.64. The zero-order valence-corrected chi connectivity index (χ0v) is 13.2. The molecule has 0 aliphatic rings. The number of nitrogens with zero attached hydrogens (tertiary/aromatic N) is 1. The van der Waals surface area contributed by atoms with Gasteiger partial charge in [-0.25, -0.2) is 0 Å². The van der Waals surface area contributed by atoms with Gasteiger partial charge in [0.05, 0.1) is 0 Å². The Morgan fingerprint density at radius 2 is 1.08 bits per heavy atom. The van der Waals surface area contributed by atoms with E-state index in [1.54, 1.807) is 0 Å². The molecular weight excluding hydrogens is 237 g/mol. The summed E-state index contributed by atoms with van der Waals surface area (Å²) >= 11 is 13.0. The Hall–Kier alpha value is 0.974. The molecule has 0 unspecified atom stereocenters. The van der Waals surface area contributed by atoms with E-state index in [1.165, 1.54) is 0 Å². The molecular formula is C8H21Cl2NSi2. The molecule has 1 nitrogen and oxygen atoms in total. The Balaban J connectivity index is 5.02. The summed E-state index contributed by atoms with van der Waals surface area (Å²) in [5, 5.41) is 0. The summed E-state index contributed by atoms with van der Waals surface area (Å²) in [6.45, 7) is 15.1. The Labute approximate surface area is 94.0 Å². The molecule has 0 aromatic rings. The van der Waals surface area contributed by atoms with Crippen LogP contribution in [0.4, 0.5) is 0 Å². The van der Waals surface area contributed by atoms with E-state index in [4.69, 9.17) is 22.2 Å². The third-order valence-electron chi connectivity index (χ3n) is 1.73. The summed E-state index contributed by atoms with van der Waals surface area (Å²) in [6, 6.07) is 0. The second-order valence-electron chi connectivity index (χ2n) is 5.33. The van der Waals surface area contributed by atoms with Crippen LogP contribution in [0, 0.1) is 0 Å². The Kier molecular flexibility index (Phi) is 4.14. The molecule has 0 N–H and O–H groups in total. The van der Waals surface area contributed by atoms with E-state index in [2.05, 4.69) is 51.2 Å². The van der Waals surface area contributed by atoms with Crippen LogP contribution >= 0.6 is 22.2 Å². The van der Waals surface area contributed by atoms with Gasteiger partial charge in [-0.1, -0.05) is 0 Å². The van der Waals surface area contributed by atoms with Gasteiger partial charge in [0.15, 0.2) is 0 Å². The standard InChI is InChI=1S/C8H21Cl2NSi2/c1-8(2,3)11(12(4,5)9)13(6,7)10/h1-7H3. The molecule has 0 radical (unpaired) electrons. The second kappa shape index (κ2) is 3.85. The van der Waals surface area contributed by atoms with Crippen LogP contribution in [0.5, 0.6) is 0 Å². The number of hydrogen-bond donors (Lipinski definition) is 0. The first kappa shape index (κ1) is 14.0. The van der Waals surface area contributed by atoms with Crippen molar-refractivity contribution in [2.75, 3.05) is 0 Å². The maximum absolute atomic E-state index is 6.48. The fraction of sp³-hybridized carbons (Fsp3) is 1.00. The van der Waals surface area contributed by atoms with Crippen LogP contribution in [-0.4, -0.2) is 24.9 Å². The van der Waals surface area contributed by atoms with Gasteiger partial charge in [0, 0.05) is 5.54 Å². The van der Waals surface area contributed by atoms with Crippen LogP contribution in [0.3, 0.4) is 0 Å². The zero-order valence-electron chi connectivity index (χ0n) is 9.70. The van der Waals surface area contributed by atoms with Crippen LogP contribution < -0.4 is 0 Å². The van der Waals surface area contributed by atoms with Gasteiger partial charge in [-0.2, -0.15) is 0 Å². The largest absolute Gasteiger partial charge is 0.317 e. The molecule has 80 valence electrons. The molecule has 0 saturated heterocycles. The lowest BCUT2D eigenvalue weighted by Gasteiger charge is -2.48. The van der Waals surface area contributed by atoms with Crippen molar-refractivity contribution < 1.29 is 0 Å². The Morgan fingerprint density at radius 1 is 0.846 bits per heavy atom. The molecule has 0 fully saturated rings. The van der Waals surface area contributed by atoms with E-state index < -0.39 is 15.1 Å². The van der Waals surface area contributed by atoms with Gasteiger partial charge < -0.3 is 4.23 Å². The molecule has 0 heterocycles. The van der Waals surface area contributed by atoms with Crippen molar-refractivity contribution in [2.45, 2.75) is 52.5 Å². The summed E-state index contributed by atoms with van der Waals surface area (Å²) in [6.07, 6.45) is 0. The first-order chi connectivity index (χ1) is 5.37. The Morgan fingerprint density at radius 3 is 1.08 bits per heavy atom. The molecule has 0 amide bonds. The van der Waals surface area contributed by atoms with E-state index in [1.807, 2.05) is 0 Å². The van der Waals surface area contributed by atoms with Gasteiger partial charge in [0.25, 0.3) is 0 Å². The molecule has 0 aromatic heterocycles. The average molecular weight is 258 g/mol. The van der Waals surface area contributed by atoms with Gasteiger partial charge in [-0.05, 0) is 47.0 Å². The number of rotatable bonds is 2. The van der Waals surface area contributed by atoms with Crippen molar-refractivity contribution in [3.8, 4) is 0 Å². The van der Waals surface area contributed by atoms with E-state index >= 15 is 0 Å². The summed E-state index contributed by atoms with van der Waals surface area (Å²) < 4.78 is 2.37. The molecule has 0 bridgehead atoms. The number of halogens is 2. The quantitative estimate of drug-likeness (QED) is 0.535. The van der Waals surface area contributed by atoms with Crippen molar-refractivity contribution >= 4 is 37.2 Å². The maximum atomic E-state index is 6.48. The molecule has 13 heavy (non-hydrogen) atoms. The maximum Gasteiger partial charge on any atom is 0.217 e. The zero-order chi connectivity index (χ0) is 11.1. The highest BCUT2D eigenvalue weighted by molar-refractivity contribution is 7.28. The van der Waals surface area contributed by atoms with Crippen LogP contribution in [0.1, 0.15) is 20.8 Å². The molecule has 0 rings (SSSR count). The minimum atomic E-state index is -1.82. The van der Waals surface area contributed by atoms with Crippen molar-refractivity contribution in [3.63, 3.8) is 0 Å². The molecule has 0 aromatic carbocycles. The first-order valence-corrected chi connectivity index (χ1v) is 12.5. The third kappa shape index (κ3) is 4.34. The highest BCUT2D eigenvalue weighted by Crippen LogP contribution is 2.33. The summed E-state index contributed by atoms with van der Waals surface area (Å²) in [5.74, 6) is 0. The van der Waals surface area contributed by atoms with Crippen LogP contribution in [0.15, 0.2) is 0 Å². The first-order valence-electron chi connectivity index (χ1n) is 4.55. The van der Waals surface area contributed by atoms with Gasteiger partial charge in [-0.15, -0.1) is 22.2 Å². The minimum Gasteiger partial charge on any atom is -0.317 e. The summed E-state index contributed by atoms with van der Waals surface area (Å²) in [5.41, 5.74) is 0.0783. The average Bonchev–Trinajstić information content (AvgIpc) is 1.44. The lowest BCUT2D eigenvalue weighted by molar-refractivity contribution is 0.358. The van der Waals surface area contributed by atoms with Crippen LogP contribution in [-0.2, 0) is 0 Å². The fourth-order valence-electron chi connectivity index (χ4n) is 2.23.